The van der Waals surface area contributed by atoms with Crippen LogP contribution in [-0.2, 0) is 6.54 Å². The van der Waals surface area contributed by atoms with Gasteiger partial charge in [-0.3, -0.25) is 14.3 Å². The molecule has 1 atom stereocenters. The average molecular weight is 331 g/mol. The number of rotatable bonds is 5. The molecule has 0 N–H and O–H groups in total. The van der Waals surface area contributed by atoms with Crippen LogP contribution in [0.15, 0.2) is 30.6 Å². The number of hydrogen-bond donors (Lipinski definition) is 0. The van der Waals surface area contributed by atoms with Crippen molar-refractivity contribution in [2.45, 2.75) is 45.2 Å². The molecule has 1 aliphatic rings. The molecular formula is C17H21N3O2S. The van der Waals surface area contributed by atoms with E-state index in [1.807, 2.05) is 21.8 Å². The summed E-state index contributed by atoms with van der Waals surface area (Å²) in [7, 11) is 0. The molecule has 2 aromatic heterocycles. The molecule has 23 heavy (non-hydrogen) atoms. The van der Waals surface area contributed by atoms with Crippen LogP contribution in [-0.4, -0.2) is 39.0 Å². The highest BCUT2D eigenvalue weighted by atomic mass is 32.1. The Morgan fingerprint density at radius 1 is 1.30 bits per heavy atom. The van der Waals surface area contributed by atoms with E-state index in [4.69, 9.17) is 0 Å². The maximum atomic E-state index is 12.8. The van der Waals surface area contributed by atoms with Crippen LogP contribution < -0.4 is 0 Å². The average Bonchev–Trinajstić information content (AvgIpc) is 3.24. The molecule has 5 nitrogen and oxygen atoms in total. The largest absolute Gasteiger partial charge is 0.335 e. The summed E-state index contributed by atoms with van der Waals surface area (Å²) in [4.78, 5) is 27.5. The van der Waals surface area contributed by atoms with Crippen LogP contribution in [0.3, 0.4) is 0 Å². The van der Waals surface area contributed by atoms with Crippen molar-refractivity contribution in [2.75, 3.05) is 6.54 Å². The van der Waals surface area contributed by atoms with Gasteiger partial charge >= 0.3 is 0 Å². The van der Waals surface area contributed by atoms with E-state index in [1.165, 1.54) is 18.3 Å². The molecule has 0 aromatic carbocycles. The van der Waals surface area contributed by atoms with Crippen molar-refractivity contribution in [1.29, 1.82) is 0 Å². The zero-order valence-electron chi connectivity index (χ0n) is 13.3. The van der Waals surface area contributed by atoms with Gasteiger partial charge in [-0.2, -0.15) is 5.10 Å². The fourth-order valence-electron chi connectivity index (χ4n) is 3.07. The number of nitrogens with zero attached hydrogens (tertiary/aromatic N) is 3. The van der Waals surface area contributed by atoms with Gasteiger partial charge < -0.3 is 4.90 Å². The second kappa shape index (κ2) is 7.08. The fraction of sp³-hybridized carbons (Fsp3) is 0.471. The molecule has 122 valence electrons. The normalized spacial score (nSPS) is 18.1. The quantitative estimate of drug-likeness (QED) is 0.790. The Labute approximate surface area is 139 Å². The number of likely N-dealkylation sites (tertiary alicyclic amines) is 1. The van der Waals surface area contributed by atoms with E-state index in [2.05, 4.69) is 5.10 Å². The molecular weight excluding hydrogens is 310 g/mol. The van der Waals surface area contributed by atoms with Crippen molar-refractivity contribution in [3.63, 3.8) is 0 Å². The molecule has 0 bridgehead atoms. The van der Waals surface area contributed by atoms with Crippen molar-refractivity contribution in [2.24, 2.45) is 0 Å². The molecule has 1 unspecified atom stereocenters. The molecule has 6 heteroatoms. The number of hydrogen-bond acceptors (Lipinski definition) is 4. The highest BCUT2D eigenvalue weighted by Gasteiger charge is 2.28. The maximum absolute atomic E-state index is 12.8. The predicted octanol–water partition coefficient (Wildman–Crippen LogP) is 3.23. The number of thiophene rings is 1. The number of piperidine rings is 1. The summed E-state index contributed by atoms with van der Waals surface area (Å²) in [6.07, 6.45) is 7.90. The van der Waals surface area contributed by atoms with Crippen molar-refractivity contribution < 1.29 is 9.59 Å². The Balaban J connectivity index is 1.69. The molecule has 0 aliphatic carbocycles. The van der Waals surface area contributed by atoms with Gasteiger partial charge in [0.2, 0.25) is 0 Å². The maximum Gasteiger partial charge on any atom is 0.264 e. The minimum Gasteiger partial charge on any atom is -0.335 e. The van der Waals surface area contributed by atoms with Crippen molar-refractivity contribution in [3.05, 3.63) is 40.3 Å². The molecule has 1 saturated heterocycles. The Hall–Kier alpha value is -1.95. The monoisotopic (exact) mass is 331 g/mol. The minimum absolute atomic E-state index is 0.0166. The van der Waals surface area contributed by atoms with Gasteiger partial charge in [-0.05, 0) is 50.8 Å². The highest BCUT2D eigenvalue weighted by molar-refractivity contribution is 7.15. The Bertz CT molecular complexity index is 678. The first-order chi connectivity index (χ1) is 11.1. The van der Waals surface area contributed by atoms with Gasteiger partial charge in [0.15, 0.2) is 5.78 Å². The number of aryl methyl sites for hydroxylation is 1. The van der Waals surface area contributed by atoms with Gasteiger partial charge in [0.25, 0.3) is 5.91 Å². The van der Waals surface area contributed by atoms with E-state index in [1.54, 1.807) is 18.3 Å². The molecule has 1 aliphatic heterocycles. The standard InChI is InChI=1S/C17H21N3O2S/c1-13(21)15-6-7-16(23-15)17(22)20-11-3-2-5-14(20)8-12-19-10-4-9-18-19/h4,6-7,9-10,14H,2-3,5,8,11-12H2,1H3. The van der Waals surface area contributed by atoms with Gasteiger partial charge in [-0.25, -0.2) is 0 Å². The molecule has 1 fully saturated rings. The van der Waals surface area contributed by atoms with Crippen LogP contribution in [0.4, 0.5) is 0 Å². The summed E-state index contributed by atoms with van der Waals surface area (Å²) < 4.78 is 1.91. The molecule has 1 amide bonds. The SMILES string of the molecule is CC(=O)c1ccc(C(=O)N2CCCCC2CCn2cccn2)s1. The van der Waals surface area contributed by atoms with Crippen LogP contribution in [0.1, 0.15) is 52.0 Å². The van der Waals surface area contributed by atoms with Gasteiger partial charge in [-0.15, -0.1) is 11.3 Å². The minimum atomic E-state index is 0.0166. The van der Waals surface area contributed by atoms with E-state index in [-0.39, 0.29) is 17.7 Å². The van der Waals surface area contributed by atoms with Crippen LogP contribution in [0.5, 0.6) is 0 Å². The number of carbonyl (C=O) groups is 2. The van der Waals surface area contributed by atoms with Gasteiger partial charge in [0.1, 0.15) is 0 Å². The zero-order chi connectivity index (χ0) is 16.2. The Kier molecular flexibility index (Phi) is 4.91. The first-order valence-electron chi connectivity index (χ1n) is 8.04. The van der Waals surface area contributed by atoms with Crippen LogP contribution in [0.2, 0.25) is 0 Å². The molecule has 3 rings (SSSR count). The van der Waals surface area contributed by atoms with Crippen LogP contribution in [0.25, 0.3) is 0 Å². The number of ketones is 1. The number of aromatic nitrogens is 2. The summed E-state index contributed by atoms with van der Waals surface area (Å²) in [5.74, 6) is 0.0793. The predicted molar refractivity (Wildman–Crippen MR) is 89.8 cm³/mol. The van der Waals surface area contributed by atoms with E-state index in [0.29, 0.717) is 9.75 Å². The summed E-state index contributed by atoms with van der Waals surface area (Å²) in [6.45, 7) is 3.16. The van der Waals surface area contributed by atoms with E-state index >= 15 is 0 Å². The lowest BCUT2D eigenvalue weighted by atomic mass is 9.99. The number of amides is 1. The molecule has 0 spiro atoms. The lowest BCUT2D eigenvalue weighted by molar-refractivity contribution is 0.0599. The second-order valence-corrected chi connectivity index (χ2v) is 7.01. The van der Waals surface area contributed by atoms with Gasteiger partial charge in [-0.1, -0.05) is 0 Å². The van der Waals surface area contributed by atoms with Crippen molar-refractivity contribution in [1.82, 2.24) is 14.7 Å². The third-order valence-electron chi connectivity index (χ3n) is 4.30. The molecule has 0 saturated carbocycles. The van der Waals surface area contributed by atoms with Gasteiger partial charge in [0, 0.05) is 31.5 Å². The smallest absolute Gasteiger partial charge is 0.264 e. The first kappa shape index (κ1) is 15.9. The lowest BCUT2D eigenvalue weighted by Gasteiger charge is -2.35. The highest BCUT2D eigenvalue weighted by Crippen LogP contribution is 2.25. The third-order valence-corrected chi connectivity index (χ3v) is 5.48. The van der Waals surface area contributed by atoms with E-state index < -0.39 is 0 Å². The Morgan fingerprint density at radius 3 is 2.83 bits per heavy atom. The summed E-state index contributed by atoms with van der Waals surface area (Å²) in [5, 5.41) is 4.23. The van der Waals surface area contributed by atoms with Crippen molar-refractivity contribution in [3.8, 4) is 0 Å². The number of carbonyl (C=O) groups excluding carboxylic acids is 2. The molecule has 0 radical (unpaired) electrons. The van der Waals surface area contributed by atoms with Crippen molar-refractivity contribution >= 4 is 23.0 Å². The first-order valence-corrected chi connectivity index (χ1v) is 8.86. The van der Waals surface area contributed by atoms with Gasteiger partial charge in [0.05, 0.1) is 9.75 Å². The number of Topliss-reactive ketones (excluding diaryl/α,β-unsaturated/α-hetero) is 1. The van der Waals surface area contributed by atoms with Crippen LogP contribution >= 0.6 is 11.3 Å². The summed E-state index contributed by atoms with van der Waals surface area (Å²) >= 11 is 1.30. The van der Waals surface area contributed by atoms with E-state index in [0.717, 1.165) is 38.8 Å². The third kappa shape index (κ3) is 3.69. The molecule has 3 heterocycles. The summed E-state index contributed by atoms with van der Waals surface area (Å²) in [5.41, 5.74) is 0. The lowest BCUT2D eigenvalue weighted by Crippen LogP contribution is -2.44. The van der Waals surface area contributed by atoms with Crippen LogP contribution in [0, 0.1) is 0 Å². The zero-order valence-corrected chi connectivity index (χ0v) is 14.1. The second-order valence-electron chi connectivity index (χ2n) is 5.93. The van der Waals surface area contributed by atoms with E-state index in [9.17, 15) is 9.59 Å². The molecule has 2 aromatic rings. The topological polar surface area (TPSA) is 55.2 Å². The Morgan fingerprint density at radius 2 is 2.13 bits per heavy atom. The fourth-order valence-corrected chi connectivity index (χ4v) is 3.92. The summed E-state index contributed by atoms with van der Waals surface area (Å²) in [6, 6.07) is 5.70.